The van der Waals surface area contributed by atoms with Gasteiger partial charge < -0.3 is 19.2 Å². The van der Waals surface area contributed by atoms with Gasteiger partial charge in [-0.1, -0.05) is 20.8 Å². The molecule has 0 atom stereocenters. The van der Waals surface area contributed by atoms with Gasteiger partial charge in [0.1, 0.15) is 0 Å². The number of hydroxylamine groups is 3. The average molecular weight is 496 g/mol. The molecule has 11 nitrogen and oxygen atoms in total. The zero-order valence-corrected chi connectivity index (χ0v) is 21.6. The maximum Gasteiger partial charge on any atom is 0.303 e. The van der Waals surface area contributed by atoms with Crippen molar-refractivity contribution in [2.24, 2.45) is 0 Å². The second kappa shape index (κ2) is 30.7. The molecule has 0 fully saturated rings. The minimum Gasteiger partial charge on any atom is -0.456 e. The van der Waals surface area contributed by atoms with Crippen molar-refractivity contribution < 1.29 is 38.3 Å². The molecule has 0 aromatic carbocycles. The van der Waals surface area contributed by atoms with Crippen LogP contribution in [0, 0.1) is 0 Å². The highest BCUT2D eigenvalue weighted by atomic mass is 35.5. The summed E-state index contributed by atoms with van der Waals surface area (Å²) in [7, 11) is 6.07. The Hall–Kier alpha value is -1.50. The largest absolute Gasteiger partial charge is 0.456 e. The molecule has 0 rings (SSSR count). The third-order valence-corrected chi connectivity index (χ3v) is 3.07. The van der Waals surface area contributed by atoms with Crippen molar-refractivity contribution >= 4 is 47.1 Å². The molecular formula is C18H39Cl2N3O8. The molecule has 1 N–H and O–H groups in total. The number of carbonyl (C=O) groups excluding carboxylic acids is 4. The molecule has 0 saturated heterocycles. The van der Waals surface area contributed by atoms with Gasteiger partial charge in [-0.05, 0) is 31.2 Å². The number of esters is 2. The minimum absolute atomic E-state index is 0. The Morgan fingerprint density at radius 3 is 1.39 bits per heavy atom. The van der Waals surface area contributed by atoms with Crippen LogP contribution in [0.5, 0.6) is 0 Å². The van der Waals surface area contributed by atoms with Gasteiger partial charge >= 0.3 is 11.9 Å². The number of amides is 1. The summed E-state index contributed by atoms with van der Waals surface area (Å²) in [5, 5.41) is 0.323. The van der Waals surface area contributed by atoms with Gasteiger partial charge in [0, 0.05) is 27.9 Å². The number of likely N-dealkylation sites (N-methyl/N-ethyl adjacent to an activating group) is 1. The van der Waals surface area contributed by atoms with E-state index in [1.165, 1.54) is 47.6 Å². The van der Waals surface area contributed by atoms with Gasteiger partial charge in [-0.3, -0.25) is 24.0 Å². The SMILES string of the molecule is CC(=O)OCC(=O)Cl.CCN(CC)CC.CNOC.CON(C)C(=O)COC(C)=O.Cl. The summed E-state index contributed by atoms with van der Waals surface area (Å²) in [6.07, 6.45) is 0. The molecule has 0 bridgehead atoms. The first-order chi connectivity index (χ1) is 14.0. The van der Waals surface area contributed by atoms with Gasteiger partial charge in [-0.25, -0.2) is 10.5 Å². The molecular weight excluding hydrogens is 457 g/mol. The molecule has 0 saturated carbocycles. The zero-order valence-electron chi connectivity index (χ0n) is 20.0. The molecule has 0 aromatic heterocycles. The Kier molecular flexibility index (Phi) is 39.5. The maximum absolute atomic E-state index is 10.8. The third-order valence-electron chi connectivity index (χ3n) is 2.96. The second-order valence-corrected chi connectivity index (χ2v) is 5.44. The van der Waals surface area contributed by atoms with E-state index >= 15 is 0 Å². The van der Waals surface area contributed by atoms with Crippen LogP contribution in [0.2, 0.25) is 0 Å². The number of hydrogen-bond donors (Lipinski definition) is 1. The Labute approximate surface area is 196 Å². The molecule has 188 valence electrons. The standard InChI is InChI=1S/C6H11NO4.C6H15N.C4H5ClO3.C2H7NO.ClH/c1-5(8)11-4-6(9)7(2)10-3;1-4-7(5-2)6-3;1-3(6)8-2-4(5)7;1-3-4-2;/h4H2,1-3H3;4-6H2,1-3H3;2H2,1H3;3H,1-2H3;1H. The van der Waals surface area contributed by atoms with Gasteiger partial charge in [-0.15, -0.1) is 12.4 Å². The van der Waals surface area contributed by atoms with Crippen molar-refractivity contribution in [3.63, 3.8) is 0 Å². The summed E-state index contributed by atoms with van der Waals surface area (Å²) in [5.41, 5.74) is 2.43. The number of hydrogen-bond acceptors (Lipinski definition) is 10. The Balaban J connectivity index is -0.000000101. The van der Waals surface area contributed by atoms with Crippen LogP contribution in [0.15, 0.2) is 0 Å². The summed E-state index contributed by atoms with van der Waals surface area (Å²) in [6, 6.07) is 0. The monoisotopic (exact) mass is 495 g/mol. The van der Waals surface area contributed by atoms with Crippen LogP contribution >= 0.6 is 24.0 Å². The fourth-order valence-electron chi connectivity index (χ4n) is 1.19. The van der Waals surface area contributed by atoms with Crippen LogP contribution in [-0.2, 0) is 38.3 Å². The van der Waals surface area contributed by atoms with E-state index in [-0.39, 0.29) is 25.6 Å². The van der Waals surface area contributed by atoms with Crippen LogP contribution in [0.4, 0.5) is 0 Å². The molecule has 1 amide bonds. The molecule has 0 unspecified atom stereocenters. The predicted molar refractivity (Wildman–Crippen MR) is 121 cm³/mol. The molecule has 0 aliphatic rings. The van der Waals surface area contributed by atoms with E-state index in [4.69, 9.17) is 11.6 Å². The number of nitrogens with zero attached hydrogens (tertiary/aromatic N) is 2. The number of halogens is 2. The van der Waals surface area contributed by atoms with Crippen LogP contribution in [-0.4, -0.2) is 94.2 Å². The van der Waals surface area contributed by atoms with Gasteiger partial charge in [-0.2, -0.15) is 0 Å². The number of nitrogens with one attached hydrogen (secondary N) is 1. The van der Waals surface area contributed by atoms with Crippen LogP contribution in [0.3, 0.4) is 0 Å². The van der Waals surface area contributed by atoms with Crippen molar-refractivity contribution in [1.29, 1.82) is 0 Å². The smallest absolute Gasteiger partial charge is 0.303 e. The summed E-state index contributed by atoms with van der Waals surface area (Å²) in [6.45, 7) is 12.0. The van der Waals surface area contributed by atoms with E-state index in [0.717, 1.165) is 5.06 Å². The van der Waals surface area contributed by atoms with Crippen molar-refractivity contribution in [1.82, 2.24) is 15.4 Å². The first-order valence-electron chi connectivity index (χ1n) is 9.14. The van der Waals surface area contributed by atoms with E-state index in [0.29, 0.717) is 0 Å². The minimum atomic E-state index is -0.666. The van der Waals surface area contributed by atoms with Crippen molar-refractivity contribution in [2.45, 2.75) is 34.6 Å². The van der Waals surface area contributed by atoms with E-state index in [1.807, 2.05) is 0 Å². The maximum atomic E-state index is 10.8. The third kappa shape index (κ3) is 43.3. The lowest BCUT2D eigenvalue weighted by Crippen LogP contribution is -2.29. The topological polar surface area (TPSA) is 124 Å². The average Bonchev–Trinajstić information content (AvgIpc) is 2.72. The van der Waals surface area contributed by atoms with E-state index < -0.39 is 23.1 Å². The van der Waals surface area contributed by atoms with Crippen LogP contribution in [0.1, 0.15) is 34.6 Å². The quantitative estimate of drug-likeness (QED) is 0.285. The summed E-state index contributed by atoms with van der Waals surface area (Å²) < 4.78 is 8.60. The molecule has 0 heterocycles. The Morgan fingerprint density at radius 1 is 0.871 bits per heavy atom. The highest BCUT2D eigenvalue weighted by molar-refractivity contribution is 6.64. The number of ether oxygens (including phenoxy) is 2. The molecule has 0 spiro atoms. The normalized spacial score (nSPS) is 8.61. The zero-order chi connectivity index (χ0) is 24.5. The molecule has 0 aromatic rings. The Bertz CT molecular complexity index is 432. The summed E-state index contributed by atoms with van der Waals surface area (Å²) in [4.78, 5) is 52.0. The van der Waals surface area contributed by atoms with Crippen molar-refractivity contribution in [2.75, 3.05) is 61.2 Å². The van der Waals surface area contributed by atoms with E-state index in [1.54, 1.807) is 14.2 Å². The lowest BCUT2D eigenvalue weighted by molar-refractivity contribution is -0.176. The highest BCUT2D eigenvalue weighted by Gasteiger charge is 2.08. The fraction of sp³-hybridized carbons (Fsp3) is 0.778. The van der Waals surface area contributed by atoms with Crippen LogP contribution in [0.25, 0.3) is 0 Å². The lowest BCUT2D eigenvalue weighted by Gasteiger charge is -2.13. The lowest BCUT2D eigenvalue weighted by atomic mass is 10.5. The Morgan fingerprint density at radius 2 is 1.23 bits per heavy atom. The van der Waals surface area contributed by atoms with E-state index in [9.17, 15) is 19.2 Å². The number of rotatable bonds is 9. The molecule has 0 aliphatic heterocycles. The van der Waals surface area contributed by atoms with Crippen molar-refractivity contribution in [3.05, 3.63) is 0 Å². The van der Waals surface area contributed by atoms with Crippen LogP contribution < -0.4 is 5.48 Å². The van der Waals surface area contributed by atoms with Gasteiger partial charge in [0.2, 0.25) is 0 Å². The molecule has 31 heavy (non-hydrogen) atoms. The predicted octanol–water partition coefficient (Wildman–Crippen LogP) is 1.42. The summed E-state index contributed by atoms with van der Waals surface area (Å²) in [5.74, 6) is -1.38. The van der Waals surface area contributed by atoms with Gasteiger partial charge in [0.15, 0.2) is 13.2 Å². The second-order valence-electron chi connectivity index (χ2n) is 5.02. The molecule has 0 radical (unpaired) electrons. The van der Waals surface area contributed by atoms with Crippen molar-refractivity contribution in [3.8, 4) is 0 Å². The van der Waals surface area contributed by atoms with Gasteiger partial charge in [0.05, 0.1) is 14.2 Å². The number of carbonyl (C=O) groups is 4. The fourth-order valence-corrected chi connectivity index (χ4v) is 1.24. The molecule has 0 aliphatic carbocycles. The first kappa shape index (κ1) is 39.9. The highest BCUT2D eigenvalue weighted by Crippen LogP contribution is 1.86. The molecule has 13 heteroatoms. The first-order valence-corrected chi connectivity index (χ1v) is 9.52. The summed E-state index contributed by atoms with van der Waals surface area (Å²) >= 11 is 4.81. The van der Waals surface area contributed by atoms with E-state index in [2.05, 4.69) is 50.3 Å². The van der Waals surface area contributed by atoms with Gasteiger partial charge in [0.25, 0.3) is 11.1 Å².